The van der Waals surface area contributed by atoms with Crippen LogP contribution < -0.4 is 11.2 Å². The number of aromatic nitrogens is 1. The maximum absolute atomic E-state index is 5.81. The van der Waals surface area contributed by atoms with Gasteiger partial charge in [-0.2, -0.15) is 5.10 Å². The van der Waals surface area contributed by atoms with Crippen LogP contribution in [0.25, 0.3) is 5.57 Å². The Morgan fingerprint density at radius 2 is 1.91 bits per heavy atom. The Labute approximate surface area is 201 Å². The zero-order chi connectivity index (χ0) is 22.6. The third-order valence-electron chi connectivity index (χ3n) is 9.72. The van der Waals surface area contributed by atoms with Gasteiger partial charge in [-0.25, -0.2) is 4.98 Å². The van der Waals surface area contributed by atoms with Crippen LogP contribution in [0.2, 0.25) is 0 Å². The second kappa shape index (κ2) is 7.97. The summed E-state index contributed by atoms with van der Waals surface area (Å²) in [4.78, 5) is 6.50. The van der Waals surface area contributed by atoms with E-state index in [1.807, 2.05) is 11.3 Å². The SMILES string of the molecule is C[C@]12CCc3nc(NCCc4ccccc4)sc3C1=CC[C@@H]1[C@@H]2CC[C@]2(C)/C(=N/N)CC[C@@H]12. The standard InChI is InChI=1S/C28H36N4S/c1-27-16-13-23-25(33-26(31-23)30-17-14-18-6-4-3-5-7-18)22(27)9-8-19-20-10-11-24(32-29)28(20,2)15-12-21(19)27/h3-7,9,19-21H,8,10-17,29H2,1-2H3,(H,30,31)/b32-24+/t19-,20-,21-,27+,28-/m0/s1. The molecule has 2 fully saturated rings. The van der Waals surface area contributed by atoms with Gasteiger partial charge in [-0.1, -0.05) is 61.6 Å². The molecule has 0 saturated heterocycles. The Kier molecular flexibility index (Phi) is 5.17. The van der Waals surface area contributed by atoms with Crippen LogP contribution in [-0.4, -0.2) is 17.2 Å². The first-order chi connectivity index (χ1) is 16.0. The summed E-state index contributed by atoms with van der Waals surface area (Å²) >= 11 is 1.89. The maximum Gasteiger partial charge on any atom is 0.183 e. The summed E-state index contributed by atoms with van der Waals surface area (Å²) in [7, 11) is 0. The van der Waals surface area contributed by atoms with Gasteiger partial charge in [0.05, 0.1) is 10.6 Å². The normalized spacial score (nSPS) is 35.9. The molecule has 5 atom stereocenters. The highest BCUT2D eigenvalue weighted by molar-refractivity contribution is 7.16. The summed E-state index contributed by atoms with van der Waals surface area (Å²) in [6, 6.07) is 10.7. The third kappa shape index (κ3) is 3.30. The lowest BCUT2D eigenvalue weighted by Gasteiger charge is -2.56. The first kappa shape index (κ1) is 21.4. The van der Waals surface area contributed by atoms with Crippen molar-refractivity contribution in [3.8, 4) is 0 Å². The number of nitrogens with two attached hydrogens (primary N) is 1. The second-order valence-electron chi connectivity index (χ2n) is 11.2. The van der Waals surface area contributed by atoms with Crippen LogP contribution in [-0.2, 0) is 12.8 Å². The molecule has 0 bridgehead atoms. The summed E-state index contributed by atoms with van der Waals surface area (Å²) in [6.07, 6.45) is 12.1. The number of fused-ring (bicyclic) bond motifs is 7. The molecule has 1 heterocycles. The predicted octanol–water partition coefficient (Wildman–Crippen LogP) is 6.29. The number of hydrogen-bond donors (Lipinski definition) is 2. The fraction of sp³-hybridized carbons (Fsp3) is 0.571. The van der Waals surface area contributed by atoms with Gasteiger partial charge < -0.3 is 11.2 Å². The summed E-state index contributed by atoms with van der Waals surface area (Å²) in [6.45, 7) is 5.95. The van der Waals surface area contributed by atoms with Crippen LogP contribution >= 0.6 is 11.3 Å². The monoisotopic (exact) mass is 460 g/mol. The molecule has 2 aromatic rings. The van der Waals surface area contributed by atoms with E-state index in [9.17, 15) is 0 Å². The number of nitrogens with zero attached hydrogens (tertiary/aromatic N) is 2. The van der Waals surface area contributed by atoms with Crippen molar-refractivity contribution < 1.29 is 0 Å². The van der Waals surface area contributed by atoms with Crippen molar-refractivity contribution in [1.82, 2.24) is 4.98 Å². The van der Waals surface area contributed by atoms with Crippen LogP contribution in [0, 0.1) is 28.6 Å². The van der Waals surface area contributed by atoms with Gasteiger partial charge in [0, 0.05) is 17.7 Å². The molecule has 0 aliphatic heterocycles. The van der Waals surface area contributed by atoms with Crippen LogP contribution in [0.3, 0.4) is 0 Å². The highest BCUT2D eigenvalue weighted by atomic mass is 32.1. The van der Waals surface area contributed by atoms with Gasteiger partial charge in [-0.05, 0) is 85.7 Å². The van der Waals surface area contributed by atoms with Crippen LogP contribution in [0.5, 0.6) is 0 Å². The van der Waals surface area contributed by atoms with E-state index in [4.69, 9.17) is 10.8 Å². The van der Waals surface area contributed by atoms with Crippen molar-refractivity contribution in [3.05, 3.63) is 52.5 Å². The Morgan fingerprint density at radius 1 is 1.09 bits per heavy atom. The summed E-state index contributed by atoms with van der Waals surface area (Å²) in [5.74, 6) is 8.10. The minimum Gasteiger partial charge on any atom is -0.361 e. The van der Waals surface area contributed by atoms with Crippen molar-refractivity contribution in [3.63, 3.8) is 0 Å². The first-order valence-electron chi connectivity index (χ1n) is 12.8. The molecule has 4 aliphatic rings. The highest BCUT2D eigenvalue weighted by Crippen LogP contribution is 2.65. The molecule has 6 rings (SSSR count). The number of aryl methyl sites for hydroxylation is 1. The van der Waals surface area contributed by atoms with Crippen molar-refractivity contribution >= 4 is 27.8 Å². The van der Waals surface area contributed by atoms with Crippen molar-refractivity contribution in [2.45, 2.75) is 65.2 Å². The predicted molar refractivity (Wildman–Crippen MR) is 138 cm³/mol. The lowest BCUT2D eigenvalue weighted by molar-refractivity contribution is 0.0117. The molecule has 0 radical (unpaired) electrons. The van der Waals surface area contributed by atoms with Crippen LogP contribution in [0.4, 0.5) is 5.13 Å². The molecule has 33 heavy (non-hydrogen) atoms. The zero-order valence-corrected chi connectivity index (χ0v) is 20.8. The topological polar surface area (TPSA) is 63.3 Å². The number of nitrogens with one attached hydrogen (secondary N) is 1. The molecule has 1 aromatic carbocycles. The van der Waals surface area contributed by atoms with Gasteiger partial charge in [-0.15, -0.1) is 0 Å². The van der Waals surface area contributed by atoms with E-state index in [1.54, 1.807) is 5.57 Å². The minimum absolute atomic E-state index is 0.234. The van der Waals surface area contributed by atoms with E-state index < -0.39 is 0 Å². The molecule has 3 N–H and O–H groups in total. The lowest BCUT2D eigenvalue weighted by atomic mass is 9.48. The Bertz CT molecular complexity index is 1100. The van der Waals surface area contributed by atoms with E-state index in [-0.39, 0.29) is 10.8 Å². The smallest absolute Gasteiger partial charge is 0.183 e. The Balaban J connectivity index is 1.23. The van der Waals surface area contributed by atoms with Crippen molar-refractivity contribution in [2.75, 3.05) is 11.9 Å². The molecule has 0 amide bonds. The quantitative estimate of drug-likeness (QED) is 0.416. The van der Waals surface area contributed by atoms with E-state index >= 15 is 0 Å². The number of hydrazone groups is 1. The van der Waals surface area contributed by atoms with Gasteiger partial charge >= 0.3 is 0 Å². The molecule has 0 spiro atoms. The van der Waals surface area contributed by atoms with E-state index in [0.29, 0.717) is 0 Å². The van der Waals surface area contributed by atoms with Gasteiger partial charge in [-0.3, -0.25) is 0 Å². The van der Waals surface area contributed by atoms with E-state index in [1.165, 1.54) is 54.0 Å². The highest BCUT2D eigenvalue weighted by Gasteiger charge is 2.58. The molecule has 2 saturated carbocycles. The van der Waals surface area contributed by atoms with E-state index in [0.717, 1.165) is 48.7 Å². The molecule has 5 heteroatoms. The molecule has 1 aromatic heterocycles. The number of allylic oxidation sites excluding steroid dienone is 2. The lowest BCUT2D eigenvalue weighted by Crippen LogP contribution is -2.49. The summed E-state index contributed by atoms with van der Waals surface area (Å²) < 4.78 is 0. The molecule has 174 valence electrons. The molecule has 0 unspecified atom stereocenters. The first-order valence-corrected chi connectivity index (χ1v) is 13.6. The number of rotatable bonds is 4. The third-order valence-corrected chi connectivity index (χ3v) is 10.8. The van der Waals surface area contributed by atoms with Gasteiger partial charge in [0.1, 0.15) is 0 Å². The number of benzene rings is 1. The average molecular weight is 461 g/mol. The Morgan fingerprint density at radius 3 is 2.73 bits per heavy atom. The summed E-state index contributed by atoms with van der Waals surface area (Å²) in [5.41, 5.74) is 6.10. The molecular weight excluding hydrogens is 424 g/mol. The van der Waals surface area contributed by atoms with Gasteiger partial charge in [0.2, 0.25) is 0 Å². The zero-order valence-electron chi connectivity index (χ0n) is 19.9. The van der Waals surface area contributed by atoms with Crippen molar-refractivity contribution in [2.24, 2.45) is 39.5 Å². The molecule has 4 aliphatic carbocycles. The largest absolute Gasteiger partial charge is 0.361 e. The van der Waals surface area contributed by atoms with Crippen molar-refractivity contribution in [1.29, 1.82) is 0 Å². The summed E-state index contributed by atoms with van der Waals surface area (Å²) in [5, 5.41) is 8.96. The fourth-order valence-corrected chi connectivity index (χ4v) is 9.13. The Hall–Kier alpha value is -2.14. The number of thiazole rings is 1. The number of anilines is 1. The van der Waals surface area contributed by atoms with Gasteiger partial charge in [0.15, 0.2) is 5.13 Å². The number of hydrogen-bond acceptors (Lipinski definition) is 5. The molecular formula is C28H36N4S. The van der Waals surface area contributed by atoms with Gasteiger partial charge in [0.25, 0.3) is 0 Å². The fourth-order valence-electron chi connectivity index (χ4n) is 7.91. The van der Waals surface area contributed by atoms with Crippen LogP contribution in [0.15, 0.2) is 41.5 Å². The van der Waals surface area contributed by atoms with Crippen LogP contribution in [0.1, 0.15) is 68.5 Å². The average Bonchev–Trinajstić information content (AvgIpc) is 3.39. The minimum atomic E-state index is 0.234. The van der Waals surface area contributed by atoms with E-state index in [2.05, 4.69) is 60.7 Å². The second-order valence-corrected chi connectivity index (χ2v) is 12.2. The molecule has 4 nitrogen and oxygen atoms in total. The maximum atomic E-state index is 5.81.